The van der Waals surface area contributed by atoms with E-state index in [1.54, 1.807) is 0 Å². The summed E-state index contributed by atoms with van der Waals surface area (Å²) in [4.78, 5) is 14.2. The molecular formula is C12H23NO. The van der Waals surface area contributed by atoms with Gasteiger partial charge in [0, 0.05) is 6.42 Å². The lowest BCUT2D eigenvalue weighted by Gasteiger charge is -2.36. The van der Waals surface area contributed by atoms with Crippen molar-refractivity contribution in [3.63, 3.8) is 0 Å². The van der Waals surface area contributed by atoms with E-state index in [1.165, 1.54) is 19.3 Å². The molecule has 0 aliphatic heterocycles. The Hall–Kier alpha value is -0.370. The summed E-state index contributed by atoms with van der Waals surface area (Å²) in [6.07, 6.45) is 5.55. The van der Waals surface area contributed by atoms with Gasteiger partial charge in [-0.2, -0.15) is 0 Å². The van der Waals surface area contributed by atoms with Crippen molar-refractivity contribution < 1.29 is 4.79 Å². The molecule has 2 heteroatoms. The predicted octanol–water partition coefficient (Wildman–Crippen LogP) is 2.48. The van der Waals surface area contributed by atoms with Crippen LogP contribution in [0.3, 0.4) is 0 Å². The summed E-state index contributed by atoms with van der Waals surface area (Å²) < 4.78 is 0. The first-order valence-corrected chi connectivity index (χ1v) is 5.71. The molecular weight excluding hydrogens is 174 g/mol. The average Bonchev–Trinajstić information content (AvgIpc) is 2.09. The van der Waals surface area contributed by atoms with Gasteiger partial charge in [0.15, 0.2) is 5.78 Å². The fraction of sp³-hybridized carbons (Fsp3) is 0.917. The van der Waals surface area contributed by atoms with Crippen LogP contribution in [0.5, 0.6) is 0 Å². The van der Waals surface area contributed by atoms with Crippen molar-refractivity contribution >= 4 is 5.78 Å². The van der Waals surface area contributed by atoms with Crippen molar-refractivity contribution in [3.8, 4) is 0 Å². The molecule has 1 fully saturated rings. The number of ketones is 1. The van der Waals surface area contributed by atoms with Crippen molar-refractivity contribution in [2.24, 2.45) is 5.92 Å². The molecule has 0 amide bonds. The van der Waals surface area contributed by atoms with E-state index in [1.807, 2.05) is 14.1 Å². The van der Waals surface area contributed by atoms with E-state index in [4.69, 9.17) is 0 Å². The normalized spacial score (nSPS) is 21.8. The Morgan fingerprint density at radius 2 is 2.00 bits per heavy atom. The lowest BCUT2D eigenvalue weighted by atomic mass is 9.77. The molecule has 0 saturated heterocycles. The minimum Gasteiger partial charge on any atom is -0.298 e. The second-order valence-electron chi connectivity index (χ2n) is 4.95. The van der Waals surface area contributed by atoms with Gasteiger partial charge >= 0.3 is 0 Å². The highest BCUT2D eigenvalue weighted by atomic mass is 16.1. The van der Waals surface area contributed by atoms with Crippen LogP contribution in [-0.2, 0) is 4.79 Å². The quantitative estimate of drug-likeness (QED) is 0.675. The Bertz CT molecular complexity index is 208. The van der Waals surface area contributed by atoms with Gasteiger partial charge in [-0.15, -0.1) is 0 Å². The van der Waals surface area contributed by atoms with E-state index >= 15 is 0 Å². The third kappa shape index (κ3) is 2.17. The Labute approximate surface area is 87.7 Å². The molecule has 0 N–H and O–H groups in total. The number of likely N-dealkylation sites (N-methyl/N-ethyl adjacent to an activating group) is 1. The van der Waals surface area contributed by atoms with Gasteiger partial charge in [0.1, 0.15) is 0 Å². The smallest absolute Gasteiger partial charge is 0.153 e. The highest BCUT2D eigenvalue weighted by molar-refractivity contribution is 5.88. The van der Waals surface area contributed by atoms with E-state index in [0.29, 0.717) is 11.7 Å². The lowest BCUT2D eigenvalue weighted by molar-refractivity contribution is -0.130. The average molecular weight is 197 g/mol. The zero-order valence-electron chi connectivity index (χ0n) is 9.97. The van der Waals surface area contributed by atoms with E-state index < -0.39 is 0 Å². The van der Waals surface area contributed by atoms with Crippen molar-refractivity contribution in [3.05, 3.63) is 0 Å². The van der Waals surface area contributed by atoms with Gasteiger partial charge in [-0.3, -0.25) is 9.69 Å². The minimum absolute atomic E-state index is 0.240. The van der Waals surface area contributed by atoms with Crippen molar-refractivity contribution in [2.45, 2.75) is 51.5 Å². The molecule has 0 spiro atoms. The fourth-order valence-corrected chi connectivity index (χ4v) is 1.94. The van der Waals surface area contributed by atoms with E-state index in [9.17, 15) is 4.79 Å². The van der Waals surface area contributed by atoms with E-state index in [0.717, 1.165) is 12.8 Å². The third-order valence-corrected chi connectivity index (χ3v) is 3.98. The maximum atomic E-state index is 12.1. The van der Waals surface area contributed by atoms with Gasteiger partial charge in [-0.05, 0) is 33.4 Å². The van der Waals surface area contributed by atoms with E-state index in [2.05, 4.69) is 18.7 Å². The third-order valence-electron chi connectivity index (χ3n) is 3.98. The Kier molecular flexibility index (Phi) is 3.71. The van der Waals surface area contributed by atoms with Gasteiger partial charge in [-0.25, -0.2) is 0 Å². The predicted molar refractivity (Wildman–Crippen MR) is 59.3 cm³/mol. The molecule has 0 bridgehead atoms. The van der Waals surface area contributed by atoms with Crippen molar-refractivity contribution in [2.75, 3.05) is 14.1 Å². The second kappa shape index (κ2) is 4.43. The van der Waals surface area contributed by atoms with Crippen LogP contribution >= 0.6 is 0 Å². The summed E-state index contributed by atoms with van der Waals surface area (Å²) in [6, 6.07) is 0. The molecule has 2 nitrogen and oxygen atoms in total. The summed E-state index contributed by atoms with van der Waals surface area (Å²) in [5.74, 6) is 1.11. The van der Waals surface area contributed by atoms with Gasteiger partial charge in [0.2, 0.25) is 0 Å². The molecule has 0 aromatic heterocycles. The number of Topliss-reactive ketones (excluding diaryl/α,β-unsaturated/α-hetero) is 1. The van der Waals surface area contributed by atoms with Crippen LogP contribution in [0.15, 0.2) is 0 Å². The summed E-state index contributed by atoms with van der Waals surface area (Å²) >= 11 is 0. The van der Waals surface area contributed by atoms with Gasteiger partial charge in [0.25, 0.3) is 0 Å². The largest absolute Gasteiger partial charge is 0.298 e. The highest BCUT2D eigenvalue weighted by Crippen LogP contribution is 2.32. The van der Waals surface area contributed by atoms with Crippen LogP contribution in [-0.4, -0.2) is 30.3 Å². The molecule has 1 saturated carbocycles. The number of hydrogen-bond donors (Lipinski definition) is 0. The zero-order chi connectivity index (χ0) is 10.8. The highest BCUT2D eigenvalue weighted by Gasteiger charge is 2.35. The number of carbonyl (C=O) groups excluding carboxylic acids is 1. The molecule has 1 aliphatic carbocycles. The van der Waals surface area contributed by atoms with Crippen molar-refractivity contribution in [1.29, 1.82) is 0 Å². The maximum absolute atomic E-state index is 12.1. The first-order valence-electron chi connectivity index (χ1n) is 5.71. The fourth-order valence-electron chi connectivity index (χ4n) is 1.94. The van der Waals surface area contributed by atoms with Gasteiger partial charge < -0.3 is 0 Å². The molecule has 0 radical (unpaired) electrons. The summed E-state index contributed by atoms with van der Waals surface area (Å²) in [5.41, 5.74) is -0.240. The minimum atomic E-state index is -0.240. The first kappa shape index (κ1) is 11.7. The van der Waals surface area contributed by atoms with Crippen LogP contribution in [0.25, 0.3) is 0 Å². The number of hydrogen-bond acceptors (Lipinski definition) is 2. The van der Waals surface area contributed by atoms with E-state index in [-0.39, 0.29) is 5.54 Å². The Balaban J connectivity index is 2.54. The molecule has 1 atom stereocenters. The number of carbonyl (C=O) groups is 1. The van der Waals surface area contributed by atoms with Crippen molar-refractivity contribution in [1.82, 2.24) is 4.90 Å². The standard InChI is InChI=1S/C12H23NO/c1-5-12(2,13(3)4)11(14)9-10-7-6-8-10/h10H,5-9H2,1-4H3. The van der Waals surface area contributed by atoms with Crippen LogP contribution in [0.2, 0.25) is 0 Å². The number of rotatable bonds is 5. The summed E-state index contributed by atoms with van der Waals surface area (Å²) in [7, 11) is 4.00. The molecule has 14 heavy (non-hydrogen) atoms. The monoisotopic (exact) mass is 197 g/mol. The van der Waals surface area contributed by atoms with Crippen LogP contribution in [0, 0.1) is 5.92 Å². The van der Waals surface area contributed by atoms with Crippen LogP contribution < -0.4 is 0 Å². The Morgan fingerprint density at radius 3 is 2.29 bits per heavy atom. The van der Waals surface area contributed by atoms with Gasteiger partial charge in [0.05, 0.1) is 5.54 Å². The SMILES string of the molecule is CCC(C)(C(=O)CC1CCC1)N(C)C. The zero-order valence-corrected chi connectivity index (χ0v) is 9.97. The Morgan fingerprint density at radius 1 is 1.43 bits per heavy atom. The lowest BCUT2D eigenvalue weighted by Crippen LogP contribution is -2.48. The summed E-state index contributed by atoms with van der Waals surface area (Å²) in [6.45, 7) is 4.16. The van der Waals surface area contributed by atoms with Crippen LogP contribution in [0.4, 0.5) is 0 Å². The van der Waals surface area contributed by atoms with Crippen LogP contribution in [0.1, 0.15) is 46.0 Å². The topological polar surface area (TPSA) is 20.3 Å². The second-order valence-corrected chi connectivity index (χ2v) is 4.95. The maximum Gasteiger partial charge on any atom is 0.153 e. The first-order chi connectivity index (χ1) is 6.50. The molecule has 0 aromatic carbocycles. The molecule has 0 aromatic rings. The molecule has 1 rings (SSSR count). The molecule has 1 aliphatic rings. The van der Waals surface area contributed by atoms with Gasteiger partial charge in [-0.1, -0.05) is 26.2 Å². The molecule has 82 valence electrons. The molecule has 1 unspecified atom stereocenters. The summed E-state index contributed by atoms with van der Waals surface area (Å²) in [5, 5.41) is 0. The molecule has 0 heterocycles. The number of nitrogens with zero attached hydrogens (tertiary/aromatic N) is 1.